The number of rotatable bonds is 18. The average molecular weight is 1040 g/mol. The molecule has 0 saturated carbocycles. The summed E-state index contributed by atoms with van der Waals surface area (Å²) in [6.45, 7) is 0.455. The summed E-state index contributed by atoms with van der Waals surface area (Å²) >= 11 is 0. The number of unbranched alkanes of at least 4 members (excludes halogenated alkanes) is 2. The van der Waals surface area contributed by atoms with E-state index in [-0.39, 0.29) is 75.0 Å². The van der Waals surface area contributed by atoms with E-state index < -0.39 is 71.7 Å². The van der Waals surface area contributed by atoms with Gasteiger partial charge in [0.15, 0.2) is 11.9 Å². The molecule has 76 heavy (non-hydrogen) atoms. The first-order chi connectivity index (χ1) is 36.6. The maximum absolute atomic E-state index is 15.0. The van der Waals surface area contributed by atoms with Crippen molar-refractivity contribution in [1.29, 1.82) is 0 Å². The van der Waals surface area contributed by atoms with Crippen molar-refractivity contribution in [1.82, 2.24) is 41.9 Å². The van der Waals surface area contributed by atoms with Gasteiger partial charge in [-0.2, -0.15) is 0 Å². The molecule has 1 aliphatic heterocycles. The van der Waals surface area contributed by atoms with Crippen molar-refractivity contribution < 1.29 is 39.0 Å². The predicted octanol–water partition coefficient (Wildman–Crippen LogP) is 1.14. The third-order valence-corrected chi connectivity index (χ3v) is 13.1. The number of fused-ring (bicyclic) bond motifs is 2. The van der Waals surface area contributed by atoms with Gasteiger partial charge in [0, 0.05) is 73.0 Å². The van der Waals surface area contributed by atoms with E-state index in [0.29, 0.717) is 47.9 Å². The van der Waals surface area contributed by atoms with Crippen LogP contribution in [0.4, 0.5) is 0 Å². The van der Waals surface area contributed by atoms with Crippen LogP contribution in [0.25, 0.3) is 21.8 Å². The lowest BCUT2D eigenvalue weighted by molar-refractivity contribution is -0.136. The second kappa shape index (κ2) is 26.2. The topological polar surface area (TPSA) is 375 Å². The monoisotopic (exact) mass is 1040 g/mol. The van der Waals surface area contributed by atoms with Gasteiger partial charge in [0.2, 0.25) is 35.4 Å². The Bertz CT molecular complexity index is 3040. The molecule has 1 fully saturated rings. The number of para-hydroxylation sites is 2. The average Bonchev–Trinajstić information content (AvgIpc) is 4.01. The SMILES string of the molecule is NC(N)=NCCCC[C@H]1NC(=O)[C@H](Cc2c[nH]c3ccccc23)NC(=O)[C@H](Cc2ccc(O)cc2)NC(=O)[C@@H](Cc2c[nH]c3ccccc23)NC(=O)[C@@H](Cc2ccc(O)cc2)NC(=O)[C@@H](CCCCN=C(N)N)NC1=O. The van der Waals surface area contributed by atoms with Crippen molar-refractivity contribution in [2.45, 2.75) is 100 Å². The largest absolute Gasteiger partial charge is 0.508 e. The van der Waals surface area contributed by atoms with Crippen LogP contribution in [0.5, 0.6) is 11.5 Å². The number of aliphatic imine (C=N–C) groups is 2. The van der Waals surface area contributed by atoms with Crippen LogP contribution in [0.1, 0.15) is 60.8 Å². The van der Waals surface area contributed by atoms with Crippen molar-refractivity contribution in [2.75, 3.05) is 13.1 Å². The Hall–Kier alpha value is -9.08. The van der Waals surface area contributed by atoms with Crippen LogP contribution in [-0.4, -0.2) is 117 Å². The van der Waals surface area contributed by atoms with Crippen LogP contribution < -0.4 is 54.8 Å². The van der Waals surface area contributed by atoms with E-state index in [1.165, 1.54) is 24.3 Å². The first-order valence-electron chi connectivity index (χ1n) is 25.2. The smallest absolute Gasteiger partial charge is 0.243 e. The molecule has 0 spiro atoms. The van der Waals surface area contributed by atoms with Crippen LogP contribution >= 0.6 is 0 Å². The molecule has 400 valence electrons. The highest BCUT2D eigenvalue weighted by Crippen LogP contribution is 2.22. The van der Waals surface area contributed by atoms with E-state index in [1.54, 1.807) is 36.7 Å². The van der Waals surface area contributed by atoms with E-state index in [1.807, 2.05) is 48.5 Å². The number of aromatic nitrogens is 2. The summed E-state index contributed by atoms with van der Waals surface area (Å²) in [5.74, 6) is -4.82. The molecule has 2 aromatic heterocycles. The van der Waals surface area contributed by atoms with Crippen molar-refractivity contribution in [3.63, 3.8) is 0 Å². The molecule has 6 amide bonds. The Morgan fingerprint density at radius 3 is 1.08 bits per heavy atom. The second-order valence-electron chi connectivity index (χ2n) is 18.8. The van der Waals surface area contributed by atoms with Crippen LogP contribution in [0.2, 0.25) is 0 Å². The number of hydrogen-bond donors (Lipinski definition) is 14. The van der Waals surface area contributed by atoms with E-state index in [2.05, 4.69) is 51.9 Å². The summed E-state index contributed by atoms with van der Waals surface area (Å²) in [6.07, 6.45) is 4.63. The number of phenols is 2. The number of phenolic OH excluding ortho intramolecular Hbond substituents is 2. The van der Waals surface area contributed by atoms with Gasteiger partial charge in [0.1, 0.15) is 47.8 Å². The number of aromatic hydroxyl groups is 2. The molecule has 18 N–H and O–H groups in total. The quantitative estimate of drug-likeness (QED) is 0.0328. The lowest BCUT2D eigenvalue weighted by Gasteiger charge is -2.29. The number of nitrogens with two attached hydrogens (primary N) is 4. The number of nitrogens with one attached hydrogen (secondary N) is 8. The zero-order chi connectivity index (χ0) is 54.1. The fraction of sp³-hybridized carbons (Fsp3) is 0.333. The molecule has 6 aromatic rings. The van der Waals surface area contributed by atoms with Crippen LogP contribution in [0, 0.1) is 0 Å². The number of guanidine groups is 2. The highest BCUT2D eigenvalue weighted by atomic mass is 16.3. The number of carbonyl (C=O) groups is 6. The van der Waals surface area contributed by atoms with Gasteiger partial charge in [-0.25, -0.2) is 0 Å². The zero-order valence-corrected chi connectivity index (χ0v) is 41.9. The van der Waals surface area contributed by atoms with Crippen molar-refractivity contribution >= 4 is 69.2 Å². The van der Waals surface area contributed by atoms with E-state index >= 15 is 4.79 Å². The summed E-state index contributed by atoms with van der Waals surface area (Å²) in [7, 11) is 0. The van der Waals surface area contributed by atoms with Gasteiger partial charge in [-0.1, -0.05) is 60.7 Å². The molecule has 0 radical (unpaired) electrons. The molecule has 22 heteroatoms. The van der Waals surface area contributed by atoms with Gasteiger partial charge in [-0.05, 0) is 97.2 Å². The fourth-order valence-electron chi connectivity index (χ4n) is 9.12. The number of hydrogen-bond acceptors (Lipinski definition) is 10. The zero-order valence-electron chi connectivity index (χ0n) is 41.9. The molecular weight excluding hydrogens is 973 g/mol. The molecule has 6 atom stereocenters. The molecule has 0 bridgehead atoms. The normalized spacial score (nSPS) is 20.0. The standard InChI is InChI=1S/C54H66N14O8/c55-53(56)59-23-7-5-13-41-47(71)63-42(14-6-8-24-60-54(57)58)48(72)65-43(25-31-15-19-35(69)20-16-31)49(73)68-46(28-34-30-62-40-12-4-2-10-38(34)40)52(76)66-44(26-32-17-21-36(70)22-18-32)50(74)67-45(51(75)64-41)27-33-29-61-39-11-3-1-9-37(33)39/h1-4,9-12,15-22,29-30,41-46,61-62,69-70H,5-8,13-14,23-28H2,(H,63,71)(H,64,75)(H,65,72)(H,66,76)(H,67,74)(H,68,73)(H4,55,56,59)(H4,57,58,60)/t41-,42-,43-,44+,45+,46-/m1/s1. The van der Waals surface area contributed by atoms with Crippen LogP contribution in [0.3, 0.4) is 0 Å². The molecule has 1 aliphatic rings. The number of benzene rings is 4. The van der Waals surface area contributed by atoms with Crippen molar-refractivity contribution in [3.8, 4) is 11.5 Å². The third kappa shape index (κ3) is 15.5. The maximum atomic E-state index is 15.0. The van der Waals surface area contributed by atoms with Crippen molar-refractivity contribution in [2.24, 2.45) is 32.9 Å². The van der Waals surface area contributed by atoms with Gasteiger partial charge < -0.3 is 75.0 Å². The molecule has 0 unspecified atom stereocenters. The molecule has 7 rings (SSSR count). The lowest BCUT2D eigenvalue weighted by atomic mass is 9.99. The minimum Gasteiger partial charge on any atom is -0.508 e. The van der Waals surface area contributed by atoms with Crippen molar-refractivity contribution in [3.05, 3.63) is 132 Å². The summed E-state index contributed by atoms with van der Waals surface area (Å²) in [6, 6.07) is 18.8. The number of H-pyrrole nitrogens is 2. The van der Waals surface area contributed by atoms with Gasteiger partial charge in [-0.15, -0.1) is 0 Å². The Kier molecular flexibility index (Phi) is 18.9. The van der Waals surface area contributed by atoms with Gasteiger partial charge in [0.25, 0.3) is 0 Å². The van der Waals surface area contributed by atoms with E-state index in [4.69, 9.17) is 22.9 Å². The van der Waals surface area contributed by atoms with Crippen LogP contribution in [-0.2, 0) is 54.5 Å². The van der Waals surface area contributed by atoms with Gasteiger partial charge in [0.05, 0.1) is 0 Å². The number of aromatic amines is 2. The van der Waals surface area contributed by atoms with E-state index in [0.717, 1.165) is 21.8 Å². The maximum Gasteiger partial charge on any atom is 0.243 e. The first kappa shape index (κ1) is 54.7. The predicted molar refractivity (Wildman–Crippen MR) is 288 cm³/mol. The van der Waals surface area contributed by atoms with Crippen LogP contribution in [0.15, 0.2) is 119 Å². The Morgan fingerprint density at radius 2 is 0.724 bits per heavy atom. The fourth-order valence-corrected chi connectivity index (χ4v) is 9.12. The summed E-state index contributed by atoms with van der Waals surface area (Å²) < 4.78 is 0. The number of nitrogens with zero attached hydrogens (tertiary/aromatic N) is 2. The summed E-state index contributed by atoms with van der Waals surface area (Å²) in [5, 5.41) is 39.0. The lowest BCUT2D eigenvalue weighted by Crippen LogP contribution is -2.62. The van der Waals surface area contributed by atoms with Gasteiger partial charge >= 0.3 is 0 Å². The summed E-state index contributed by atoms with van der Waals surface area (Å²) in [5.41, 5.74) is 26.2. The number of carbonyl (C=O) groups excluding carboxylic acids is 6. The van der Waals surface area contributed by atoms with E-state index in [9.17, 15) is 34.2 Å². The highest BCUT2D eigenvalue weighted by molar-refractivity contribution is 5.99. The Labute approximate surface area is 438 Å². The minimum absolute atomic E-state index is 0.0307. The molecule has 3 heterocycles. The molecule has 1 saturated heterocycles. The second-order valence-corrected chi connectivity index (χ2v) is 18.8. The molecular formula is C54H66N14O8. The minimum atomic E-state index is -1.38. The molecule has 22 nitrogen and oxygen atoms in total. The third-order valence-electron chi connectivity index (χ3n) is 13.1. The Morgan fingerprint density at radius 1 is 0.408 bits per heavy atom. The first-order valence-corrected chi connectivity index (χ1v) is 25.2. The summed E-state index contributed by atoms with van der Waals surface area (Å²) in [4.78, 5) is 104. The van der Waals surface area contributed by atoms with Gasteiger partial charge in [-0.3, -0.25) is 38.8 Å². The molecule has 0 aliphatic carbocycles. The number of amides is 6. The Balaban J connectivity index is 1.32. The molecule has 4 aromatic carbocycles. The highest BCUT2D eigenvalue weighted by Gasteiger charge is 2.36.